The van der Waals surface area contributed by atoms with Gasteiger partial charge in [-0.3, -0.25) is 4.79 Å². The van der Waals surface area contributed by atoms with Crippen LogP contribution < -0.4 is 5.32 Å². The van der Waals surface area contributed by atoms with Crippen molar-refractivity contribution in [2.75, 3.05) is 12.4 Å². The van der Waals surface area contributed by atoms with Gasteiger partial charge < -0.3 is 10.1 Å². The van der Waals surface area contributed by atoms with Crippen molar-refractivity contribution in [1.29, 1.82) is 0 Å². The number of carbonyl (C=O) groups excluding carboxylic acids is 1. The normalized spacial score (nSPS) is 21.4. The molecular formula is C15H24N2O2S. The lowest BCUT2D eigenvalue weighted by Gasteiger charge is -2.38. The van der Waals surface area contributed by atoms with Crippen LogP contribution in [0.5, 0.6) is 0 Å². The molecule has 1 aliphatic carbocycles. The summed E-state index contributed by atoms with van der Waals surface area (Å²) in [5.41, 5.74) is 1.30. The molecule has 1 aliphatic rings. The number of rotatable bonds is 5. The van der Waals surface area contributed by atoms with Crippen molar-refractivity contribution < 1.29 is 9.53 Å². The molecule has 1 atom stereocenters. The number of aryl methyl sites for hydroxylation is 1. The largest absolute Gasteiger partial charge is 0.469 e. The van der Waals surface area contributed by atoms with Crippen molar-refractivity contribution in [3.05, 3.63) is 11.1 Å². The molecule has 0 aliphatic heterocycles. The Balaban J connectivity index is 1.90. The Morgan fingerprint density at radius 1 is 1.55 bits per heavy atom. The predicted octanol–water partition coefficient (Wildman–Crippen LogP) is 3.63. The summed E-state index contributed by atoms with van der Waals surface area (Å²) in [6, 6.07) is 0.496. The van der Waals surface area contributed by atoms with Crippen molar-refractivity contribution >= 4 is 22.4 Å². The van der Waals surface area contributed by atoms with Gasteiger partial charge in [0.2, 0.25) is 0 Å². The Labute approximate surface area is 124 Å². The molecule has 1 N–H and O–H groups in total. The maximum Gasteiger partial charge on any atom is 0.305 e. The molecular weight excluding hydrogens is 272 g/mol. The molecule has 0 radical (unpaired) electrons. The van der Waals surface area contributed by atoms with E-state index in [1.54, 1.807) is 11.3 Å². The molecule has 1 aromatic heterocycles. The van der Waals surface area contributed by atoms with E-state index in [4.69, 9.17) is 0 Å². The second kappa shape index (κ2) is 6.57. The molecule has 2 rings (SSSR count). The third kappa shape index (κ3) is 3.95. The Hall–Kier alpha value is -1.10. The van der Waals surface area contributed by atoms with Crippen LogP contribution in [-0.2, 0) is 16.0 Å². The molecule has 112 valence electrons. The Morgan fingerprint density at radius 2 is 2.35 bits per heavy atom. The monoisotopic (exact) mass is 296 g/mol. The first-order chi connectivity index (χ1) is 9.51. The van der Waals surface area contributed by atoms with Crippen LogP contribution in [0, 0.1) is 5.41 Å². The molecule has 20 heavy (non-hydrogen) atoms. The summed E-state index contributed by atoms with van der Waals surface area (Å²) in [7, 11) is 1.42. The van der Waals surface area contributed by atoms with Gasteiger partial charge in [-0.25, -0.2) is 4.98 Å². The molecule has 5 heteroatoms. The number of esters is 1. The molecule has 1 fully saturated rings. The van der Waals surface area contributed by atoms with Crippen molar-refractivity contribution in [3.63, 3.8) is 0 Å². The van der Waals surface area contributed by atoms with Gasteiger partial charge in [-0.2, -0.15) is 0 Å². The highest BCUT2D eigenvalue weighted by Gasteiger charge is 2.32. The predicted molar refractivity (Wildman–Crippen MR) is 82.1 cm³/mol. The minimum Gasteiger partial charge on any atom is -0.469 e. The molecule has 0 spiro atoms. The summed E-state index contributed by atoms with van der Waals surface area (Å²) in [5, 5.41) is 6.59. The summed E-state index contributed by atoms with van der Waals surface area (Å²) < 4.78 is 4.65. The van der Waals surface area contributed by atoms with Gasteiger partial charge in [0.15, 0.2) is 5.13 Å². The summed E-state index contributed by atoms with van der Waals surface area (Å²) in [5.74, 6) is -0.180. The second-order valence-electron chi connectivity index (χ2n) is 6.15. The minimum absolute atomic E-state index is 0.180. The fraction of sp³-hybridized carbons (Fsp3) is 0.733. The number of aromatic nitrogens is 1. The number of anilines is 1. The van der Waals surface area contributed by atoms with Crippen LogP contribution in [0.2, 0.25) is 0 Å². The minimum atomic E-state index is -0.180. The van der Waals surface area contributed by atoms with Crippen LogP contribution in [0.1, 0.15) is 51.6 Å². The highest BCUT2D eigenvalue weighted by molar-refractivity contribution is 7.13. The summed E-state index contributed by atoms with van der Waals surface area (Å²) in [6.07, 6.45) is 6.15. The van der Waals surface area contributed by atoms with E-state index in [0.29, 0.717) is 24.3 Å². The Morgan fingerprint density at radius 3 is 3.05 bits per heavy atom. The number of nitrogens with zero attached hydrogens (tertiary/aromatic N) is 1. The van der Waals surface area contributed by atoms with Crippen LogP contribution in [-0.4, -0.2) is 24.1 Å². The number of hydrogen-bond donors (Lipinski definition) is 1. The average Bonchev–Trinajstić information content (AvgIpc) is 2.86. The van der Waals surface area contributed by atoms with Crippen LogP contribution in [0.3, 0.4) is 0 Å². The number of methoxy groups -OCH3 is 1. The standard InChI is InChI=1S/C15H24N2O2S/c1-15(2)9-5-4-6-12(15)17-14-16-11(10-20-14)7-8-13(18)19-3/h10,12H,4-9H2,1-3H3,(H,16,17). The zero-order chi connectivity index (χ0) is 14.6. The fourth-order valence-electron chi connectivity index (χ4n) is 2.73. The van der Waals surface area contributed by atoms with Crippen LogP contribution in [0.25, 0.3) is 0 Å². The lowest BCUT2D eigenvalue weighted by Crippen LogP contribution is -2.38. The second-order valence-corrected chi connectivity index (χ2v) is 7.01. The molecule has 0 amide bonds. The fourth-order valence-corrected chi connectivity index (χ4v) is 3.53. The van der Waals surface area contributed by atoms with Gasteiger partial charge in [0.1, 0.15) is 0 Å². The molecule has 4 nitrogen and oxygen atoms in total. The molecule has 1 heterocycles. The number of ether oxygens (including phenoxy) is 1. The molecule has 0 saturated heterocycles. The molecule has 1 saturated carbocycles. The van der Waals surface area contributed by atoms with E-state index < -0.39 is 0 Å². The van der Waals surface area contributed by atoms with E-state index in [9.17, 15) is 4.79 Å². The van der Waals surface area contributed by atoms with E-state index in [1.807, 2.05) is 5.38 Å². The number of hydrogen-bond acceptors (Lipinski definition) is 5. The highest BCUT2D eigenvalue weighted by Crippen LogP contribution is 2.37. The maximum atomic E-state index is 11.1. The van der Waals surface area contributed by atoms with Gasteiger partial charge in [0.05, 0.1) is 19.2 Å². The highest BCUT2D eigenvalue weighted by atomic mass is 32.1. The van der Waals surface area contributed by atoms with E-state index >= 15 is 0 Å². The summed E-state index contributed by atoms with van der Waals surface area (Å²) in [6.45, 7) is 4.66. The lowest BCUT2D eigenvalue weighted by molar-refractivity contribution is -0.140. The van der Waals surface area contributed by atoms with Gasteiger partial charge in [0.25, 0.3) is 0 Å². The van der Waals surface area contributed by atoms with Crippen molar-refractivity contribution in [2.24, 2.45) is 5.41 Å². The number of thiazole rings is 1. The first-order valence-corrected chi connectivity index (χ1v) is 8.17. The maximum absolute atomic E-state index is 11.1. The van der Waals surface area contributed by atoms with Gasteiger partial charge in [-0.05, 0) is 18.3 Å². The Bertz CT molecular complexity index is 456. The van der Waals surface area contributed by atoms with Gasteiger partial charge >= 0.3 is 5.97 Å². The third-order valence-corrected chi connectivity index (χ3v) is 4.99. The van der Waals surface area contributed by atoms with Gasteiger partial charge in [-0.1, -0.05) is 26.7 Å². The van der Waals surface area contributed by atoms with E-state index in [-0.39, 0.29) is 5.97 Å². The smallest absolute Gasteiger partial charge is 0.305 e. The quantitative estimate of drug-likeness (QED) is 0.843. The Kier molecular flexibility index (Phi) is 5.02. The topological polar surface area (TPSA) is 51.2 Å². The van der Waals surface area contributed by atoms with E-state index in [1.165, 1.54) is 32.8 Å². The zero-order valence-electron chi connectivity index (χ0n) is 12.6. The van der Waals surface area contributed by atoms with Crippen LogP contribution in [0.4, 0.5) is 5.13 Å². The van der Waals surface area contributed by atoms with E-state index in [0.717, 1.165) is 10.8 Å². The average molecular weight is 296 g/mol. The third-order valence-electron chi connectivity index (χ3n) is 4.17. The van der Waals surface area contributed by atoms with Crippen LogP contribution >= 0.6 is 11.3 Å². The van der Waals surface area contributed by atoms with Gasteiger partial charge in [-0.15, -0.1) is 11.3 Å². The SMILES string of the molecule is COC(=O)CCc1csc(NC2CCCCC2(C)C)n1. The molecule has 0 aromatic carbocycles. The molecule has 1 aromatic rings. The van der Waals surface area contributed by atoms with Crippen molar-refractivity contribution in [2.45, 2.75) is 58.4 Å². The molecule has 1 unspecified atom stereocenters. The first-order valence-electron chi connectivity index (χ1n) is 7.29. The van der Waals surface area contributed by atoms with Crippen LogP contribution in [0.15, 0.2) is 5.38 Å². The first kappa shape index (κ1) is 15.3. The van der Waals surface area contributed by atoms with E-state index in [2.05, 4.69) is 28.9 Å². The number of carbonyl (C=O) groups is 1. The molecule has 0 bridgehead atoms. The zero-order valence-corrected chi connectivity index (χ0v) is 13.4. The number of nitrogens with one attached hydrogen (secondary N) is 1. The summed E-state index contributed by atoms with van der Waals surface area (Å²) in [4.78, 5) is 15.7. The van der Waals surface area contributed by atoms with Gasteiger partial charge in [0, 0.05) is 17.8 Å². The lowest BCUT2D eigenvalue weighted by atomic mass is 9.73. The summed E-state index contributed by atoms with van der Waals surface area (Å²) >= 11 is 1.63. The van der Waals surface area contributed by atoms with Crippen molar-refractivity contribution in [1.82, 2.24) is 4.98 Å². The van der Waals surface area contributed by atoms with Crippen molar-refractivity contribution in [3.8, 4) is 0 Å².